The second kappa shape index (κ2) is 11.6. The van der Waals surface area contributed by atoms with Gasteiger partial charge < -0.3 is 26.6 Å². The summed E-state index contributed by atoms with van der Waals surface area (Å²) in [5, 5.41) is 21.9. The summed E-state index contributed by atoms with van der Waals surface area (Å²) in [6.07, 6.45) is -0.308. The number of nitro benzene ring substituents is 1. The first-order valence-corrected chi connectivity index (χ1v) is 8.87. The first-order chi connectivity index (χ1) is 12.8. The normalized spacial score (nSPS) is 11.3. The summed E-state index contributed by atoms with van der Waals surface area (Å²) in [5.41, 5.74) is 10.3. The average Bonchev–Trinajstić information content (AvgIpc) is 2.61. The Labute approximate surface area is 159 Å². The molecule has 0 saturated carbocycles. The van der Waals surface area contributed by atoms with Crippen molar-refractivity contribution in [2.24, 2.45) is 16.5 Å². The fourth-order valence-electron chi connectivity index (χ4n) is 1.90. The van der Waals surface area contributed by atoms with Crippen molar-refractivity contribution in [1.29, 1.82) is 0 Å². The van der Waals surface area contributed by atoms with Gasteiger partial charge in [0.2, 0.25) is 0 Å². The smallest absolute Gasteiger partial charge is 0.407 e. The van der Waals surface area contributed by atoms with Gasteiger partial charge in [0.15, 0.2) is 5.96 Å². The number of benzene rings is 1. The zero-order valence-electron chi connectivity index (χ0n) is 14.4. The predicted octanol–water partition coefficient (Wildman–Crippen LogP) is 0.920. The minimum Gasteiger partial charge on any atom is -0.480 e. The van der Waals surface area contributed by atoms with Crippen LogP contribution >= 0.6 is 11.8 Å². The van der Waals surface area contributed by atoms with Gasteiger partial charge in [0.1, 0.15) is 12.6 Å². The molecule has 0 heterocycles. The van der Waals surface area contributed by atoms with Crippen LogP contribution in [-0.2, 0) is 9.53 Å². The predicted molar refractivity (Wildman–Crippen MR) is 99.6 cm³/mol. The molecule has 0 aliphatic heterocycles. The number of hydrogen-bond donors (Lipinski definition) is 4. The van der Waals surface area contributed by atoms with Crippen molar-refractivity contribution in [3.8, 4) is 0 Å². The van der Waals surface area contributed by atoms with Gasteiger partial charge in [-0.15, -0.1) is 11.8 Å². The standard InChI is InChI=1S/C15H21N5O6S/c16-14(17)18-7-1-2-12(13(21)22)19-15(23)26-8-9-27-11-5-3-10(4-6-11)20(24)25/h3-6,12H,1-2,7-9H2,(H,19,23)(H,21,22)(H4,16,17,18)/t12-/m0/s1. The molecule has 0 saturated heterocycles. The summed E-state index contributed by atoms with van der Waals surface area (Å²) in [6.45, 7) is 0.308. The maximum Gasteiger partial charge on any atom is 0.407 e. The molecule has 27 heavy (non-hydrogen) atoms. The third kappa shape index (κ3) is 9.30. The van der Waals surface area contributed by atoms with E-state index in [1.807, 2.05) is 0 Å². The van der Waals surface area contributed by atoms with Gasteiger partial charge in [0.05, 0.1) is 4.92 Å². The SMILES string of the molecule is NC(N)=NCCC[C@H](NC(=O)OCCSc1ccc([N+](=O)[O-])cc1)C(=O)O. The molecule has 1 rings (SSSR count). The molecule has 148 valence electrons. The lowest BCUT2D eigenvalue weighted by atomic mass is 10.1. The highest BCUT2D eigenvalue weighted by molar-refractivity contribution is 7.99. The van der Waals surface area contributed by atoms with Crippen molar-refractivity contribution in [1.82, 2.24) is 5.32 Å². The van der Waals surface area contributed by atoms with Gasteiger partial charge in [0, 0.05) is 29.3 Å². The number of guanidine groups is 1. The summed E-state index contributed by atoms with van der Waals surface area (Å²) in [4.78, 5) is 37.4. The van der Waals surface area contributed by atoms with Crippen LogP contribution in [0, 0.1) is 10.1 Å². The van der Waals surface area contributed by atoms with Crippen molar-refractivity contribution in [3.05, 3.63) is 34.4 Å². The number of carbonyl (C=O) groups is 2. The molecule has 6 N–H and O–H groups in total. The number of carboxylic acid groups (broad SMARTS) is 1. The summed E-state index contributed by atoms with van der Waals surface area (Å²) in [7, 11) is 0. The van der Waals surface area contributed by atoms with E-state index in [-0.39, 0.29) is 31.2 Å². The fourth-order valence-corrected chi connectivity index (χ4v) is 2.63. The van der Waals surface area contributed by atoms with Crippen molar-refractivity contribution in [2.45, 2.75) is 23.8 Å². The number of carboxylic acids is 1. The Morgan fingerprint density at radius 2 is 2.00 bits per heavy atom. The molecule has 0 aromatic heterocycles. The number of carbonyl (C=O) groups excluding carboxylic acids is 1. The molecule has 0 fully saturated rings. The minimum atomic E-state index is -1.18. The molecule has 0 bridgehead atoms. The van der Waals surface area contributed by atoms with Gasteiger partial charge >= 0.3 is 12.1 Å². The Kier molecular flexibility index (Phi) is 9.43. The molecule has 11 nitrogen and oxygen atoms in total. The molecule has 1 amide bonds. The van der Waals surface area contributed by atoms with Crippen LogP contribution in [0.15, 0.2) is 34.2 Å². The van der Waals surface area contributed by atoms with E-state index in [1.165, 1.54) is 23.9 Å². The zero-order chi connectivity index (χ0) is 20.2. The van der Waals surface area contributed by atoms with Gasteiger partial charge in [-0.1, -0.05) is 0 Å². The van der Waals surface area contributed by atoms with Crippen molar-refractivity contribution in [2.75, 3.05) is 18.9 Å². The highest BCUT2D eigenvalue weighted by Crippen LogP contribution is 2.21. The molecule has 0 unspecified atom stereocenters. The molecular weight excluding hydrogens is 378 g/mol. The number of nitrogens with one attached hydrogen (secondary N) is 1. The van der Waals surface area contributed by atoms with Gasteiger partial charge in [-0.25, -0.2) is 9.59 Å². The lowest BCUT2D eigenvalue weighted by Gasteiger charge is -2.14. The quantitative estimate of drug-likeness (QED) is 0.105. The molecule has 1 aromatic carbocycles. The highest BCUT2D eigenvalue weighted by Gasteiger charge is 2.20. The van der Waals surface area contributed by atoms with Crippen molar-refractivity contribution >= 4 is 35.5 Å². The number of alkyl carbamates (subject to hydrolysis) is 1. The largest absolute Gasteiger partial charge is 0.480 e. The molecule has 0 spiro atoms. The number of aliphatic imine (C=N–C) groups is 1. The van der Waals surface area contributed by atoms with E-state index in [1.54, 1.807) is 12.1 Å². The lowest BCUT2D eigenvalue weighted by molar-refractivity contribution is -0.384. The lowest BCUT2D eigenvalue weighted by Crippen LogP contribution is -2.41. The Morgan fingerprint density at radius 1 is 1.33 bits per heavy atom. The summed E-state index contributed by atoms with van der Waals surface area (Å²) < 4.78 is 4.94. The number of thioether (sulfide) groups is 1. The van der Waals surface area contributed by atoms with Crippen LogP contribution in [0.25, 0.3) is 0 Å². The maximum absolute atomic E-state index is 11.7. The van der Waals surface area contributed by atoms with Crippen LogP contribution in [0.2, 0.25) is 0 Å². The number of non-ortho nitro benzene ring substituents is 1. The molecular formula is C15H21N5O6S. The molecule has 0 radical (unpaired) electrons. The molecule has 0 aliphatic carbocycles. The Hall–Kier alpha value is -3.02. The van der Waals surface area contributed by atoms with Crippen LogP contribution in [-0.4, -0.2) is 53.0 Å². The van der Waals surface area contributed by atoms with Gasteiger partial charge in [-0.05, 0) is 25.0 Å². The van der Waals surface area contributed by atoms with Crippen molar-refractivity contribution in [3.63, 3.8) is 0 Å². The van der Waals surface area contributed by atoms with Crippen LogP contribution in [0.3, 0.4) is 0 Å². The van der Waals surface area contributed by atoms with Crippen LogP contribution in [0.4, 0.5) is 10.5 Å². The number of amides is 1. The second-order valence-electron chi connectivity index (χ2n) is 5.22. The first-order valence-electron chi connectivity index (χ1n) is 7.88. The van der Waals surface area contributed by atoms with E-state index >= 15 is 0 Å². The highest BCUT2D eigenvalue weighted by atomic mass is 32.2. The van der Waals surface area contributed by atoms with Crippen LogP contribution < -0.4 is 16.8 Å². The number of ether oxygens (including phenoxy) is 1. The Balaban J connectivity index is 2.30. The zero-order valence-corrected chi connectivity index (χ0v) is 15.2. The first kappa shape index (κ1) is 22.0. The Bertz CT molecular complexity index is 678. The van der Waals surface area contributed by atoms with Crippen LogP contribution in [0.5, 0.6) is 0 Å². The van der Waals surface area contributed by atoms with Crippen molar-refractivity contribution < 1.29 is 24.4 Å². The van der Waals surface area contributed by atoms with E-state index in [0.29, 0.717) is 12.2 Å². The number of hydrogen-bond acceptors (Lipinski definition) is 7. The summed E-state index contributed by atoms with van der Waals surface area (Å²) in [6, 6.07) is 4.86. The van der Waals surface area contributed by atoms with E-state index in [2.05, 4.69) is 10.3 Å². The van der Waals surface area contributed by atoms with Gasteiger partial charge in [-0.2, -0.15) is 0 Å². The van der Waals surface area contributed by atoms with E-state index < -0.39 is 23.0 Å². The maximum atomic E-state index is 11.7. The fraction of sp³-hybridized carbons (Fsp3) is 0.400. The van der Waals surface area contributed by atoms with Crippen LogP contribution in [0.1, 0.15) is 12.8 Å². The third-order valence-electron chi connectivity index (χ3n) is 3.17. The van der Waals surface area contributed by atoms with E-state index in [9.17, 15) is 19.7 Å². The number of nitro groups is 1. The topological polar surface area (TPSA) is 183 Å². The molecule has 0 aliphatic rings. The number of aliphatic carboxylic acids is 1. The number of rotatable bonds is 11. The molecule has 12 heteroatoms. The third-order valence-corrected chi connectivity index (χ3v) is 4.14. The molecule has 1 atom stereocenters. The average molecular weight is 399 g/mol. The summed E-state index contributed by atoms with van der Waals surface area (Å²) in [5.74, 6) is -0.857. The Morgan fingerprint density at radius 3 is 2.56 bits per heavy atom. The second-order valence-corrected chi connectivity index (χ2v) is 6.39. The number of nitrogens with zero attached hydrogens (tertiary/aromatic N) is 2. The van der Waals surface area contributed by atoms with E-state index in [0.717, 1.165) is 4.90 Å². The van der Waals surface area contributed by atoms with E-state index in [4.69, 9.17) is 21.3 Å². The summed E-state index contributed by atoms with van der Waals surface area (Å²) >= 11 is 1.35. The van der Waals surface area contributed by atoms with Gasteiger partial charge in [0.25, 0.3) is 5.69 Å². The van der Waals surface area contributed by atoms with Gasteiger partial charge in [-0.3, -0.25) is 15.1 Å². The monoisotopic (exact) mass is 399 g/mol. The minimum absolute atomic E-state index is 0.00506. The number of nitrogens with two attached hydrogens (primary N) is 2. The molecule has 1 aromatic rings.